The van der Waals surface area contributed by atoms with Crippen LogP contribution in [0.5, 0.6) is 0 Å². The summed E-state index contributed by atoms with van der Waals surface area (Å²) in [6.45, 7) is 4.49. The molecule has 0 atom stereocenters. The van der Waals surface area contributed by atoms with Crippen LogP contribution < -0.4 is 0 Å². The van der Waals surface area contributed by atoms with Crippen molar-refractivity contribution in [1.29, 1.82) is 0 Å². The van der Waals surface area contributed by atoms with Gasteiger partial charge in [-0.1, -0.05) is 52.4 Å². The molecule has 0 aliphatic carbocycles. The number of aldehydes is 2. The van der Waals surface area contributed by atoms with Gasteiger partial charge in [-0.05, 0) is 12.8 Å². The molecule has 0 rings (SSSR count). The highest BCUT2D eigenvalue weighted by atomic mass is 16.1. The summed E-state index contributed by atoms with van der Waals surface area (Å²) in [6, 6.07) is 0. The molecule has 2 nitrogen and oxygen atoms in total. The van der Waals surface area contributed by atoms with E-state index in [1.165, 1.54) is 32.1 Å². The first-order valence-corrected chi connectivity index (χ1v) is 6.70. The van der Waals surface area contributed by atoms with E-state index >= 15 is 0 Å². The third kappa shape index (κ3) is 23.3. The van der Waals surface area contributed by atoms with Crippen LogP contribution in [0.25, 0.3) is 0 Å². The molecule has 0 aromatic heterocycles. The van der Waals surface area contributed by atoms with Gasteiger partial charge in [0.15, 0.2) is 0 Å². The van der Waals surface area contributed by atoms with Crippen LogP contribution in [-0.4, -0.2) is 12.6 Å². The van der Waals surface area contributed by atoms with E-state index in [0.29, 0.717) is 12.8 Å². The fraction of sp³-hybridized carbons (Fsp3) is 0.857. The van der Waals surface area contributed by atoms with E-state index in [-0.39, 0.29) is 0 Å². The highest BCUT2D eigenvalue weighted by Gasteiger charge is 1.86. The molecule has 0 N–H and O–H groups in total. The van der Waals surface area contributed by atoms with Gasteiger partial charge in [0, 0.05) is 12.8 Å². The van der Waals surface area contributed by atoms with Crippen LogP contribution >= 0.6 is 0 Å². The van der Waals surface area contributed by atoms with E-state index in [1.54, 1.807) is 0 Å². The topological polar surface area (TPSA) is 34.1 Å². The van der Waals surface area contributed by atoms with Gasteiger partial charge in [0.05, 0.1) is 0 Å². The largest absolute Gasteiger partial charge is 0.303 e. The van der Waals surface area contributed by atoms with Crippen LogP contribution in [0.1, 0.15) is 78.1 Å². The lowest BCUT2D eigenvalue weighted by Crippen LogP contribution is -1.79. The Morgan fingerprint density at radius 3 is 1.31 bits per heavy atom. The van der Waals surface area contributed by atoms with Crippen LogP contribution in [0.2, 0.25) is 0 Å². The summed E-state index contributed by atoms with van der Waals surface area (Å²) in [6.07, 6.45) is 13.0. The van der Waals surface area contributed by atoms with Crippen molar-refractivity contribution in [2.75, 3.05) is 0 Å². The van der Waals surface area contributed by atoms with Gasteiger partial charge in [-0.3, -0.25) is 0 Å². The zero-order valence-corrected chi connectivity index (χ0v) is 11.0. The zero-order valence-electron chi connectivity index (χ0n) is 11.0. The number of unbranched alkanes of at least 4 members (excludes halogenated alkanes) is 8. The standard InChI is InChI=1S/C7H12O2.C7H16/c8-6-4-2-1-3-5-7-9;1-3-5-7-6-4-2/h6-7H,1-5H2;3-7H2,1-2H3. The van der Waals surface area contributed by atoms with Crippen molar-refractivity contribution in [3.8, 4) is 0 Å². The lowest BCUT2D eigenvalue weighted by Gasteiger charge is -1.90. The van der Waals surface area contributed by atoms with Crippen molar-refractivity contribution >= 4 is 12.6 Å². The maximum absolute atomic E-state index is 9.77. The van der Waals surface area contributed by atoms with Crippen LogP contribution in [0.15, 0.2) is 0 Å². The fourth-order valence-electron chi connectivity index (χ4n) is 1.31. The van der Waals surface area contributed by atoms with Gasteiger partial charge in [-0.25, -0.2) is 0 Å². The smallest absolute Gasteiger partial charge is 0.119 e. The van der Waals surface area contributed by atoms with Crippen molar-refractivity contribution in [1.82, 2.24) is 0 Å². The molecule has 0 aliphatic rings. The van der Waals surface area contributed by atoms with E-state index in [1.807, 2.05) is 0 Å². The summed E-state index contributed by atoms with van der Waals surface area (Å²) in [5.41, 5.74) is 0. The number of hydrogen-bond donors (Lipinski definition) is 0. The third-order valence-corrected chi connectivity index (χ3v) is 2.35. The predicted octanol–water partition coefficient (Wildman–Crippen LogP) is 4.31. The molecular weight excluding hydrogens is 200 g/mol. The van der Waals surface area contributed by atoms with E-state index < -0.39 is 0 Å². The quantitative estimate of drug-likeness (QED) is 0.412. The molecule has 96 valence electrons. The maximum atomic E-state index is 9.77. The van der Waals surface area contributed by atoms with Crippen LogP contribution in [-0.2, 0) is 9.59 Å². The Morgan fingerprint density at radius 1 is 0.625 bits per heavy atom. The van der Waals surface area contributed by atoms with Crippen molar-refractivity contribution in [2.45, 2.75) is 78.1 Å². The zero-order chi connectivity index (χ0) is 12.5. The Labute approximate surface area is 101 Å². The first-order chi connectivity index (χ1) is 7.83. The number of hydrogen-bond acceptors (Lipinski definition) is 2. The summed E-state index contributed by atoms with van der Waals surface area (Å²) < 4.78 is 0. The minimum absolute atomic E-state index is 0.638. The number of carbonyl (C=O) groups excluding carboxylic acids is 2. The molecule has 0 bridgehead atoms. The second-order valence-electron chi connectivity index (χ2n) is 4.03. The van der Waals surface area contributed by atoms with Crippen molar-refractivity contribution in [3.63, 3.8) is 0 Å². The van der Waals surface area contributed by atoms with Crippen molar-refractivity contribution in [2.24, 2.45) is 0 Å². The third-order valence-electron chi connectivity index (χ3n) is 2.35. The SMILES string of the molecule is CCCCCCC.O=CCCCCCC=O. The van der Waals surface area contributed by atoms with Gasteiger partial charge < -0.3 is 9.59 Å². The molecule has 0 saturated carbocycles. The van der Waals surface area contributed by atoms with Crippen LogP contribution in [0, 0.1) is 0 Å². The molecule has 0 aromatic rings. The van der Waals surface area contributed by atoms with E-state index in [2.05, 4.69) is 13.8 Å². The van der Waals surface area contributed by atoms with Gasteiger partial charge in [0.2, 0.25) is 0 Å². The van der Waals surface area contributed by atoms with Crippen LogP contribution in [0.4, 0.5) is 0 Å². The molecule has 0 fully saturated rings. The molecule has 0 radical (unpaired) electrons. The Hall–Kier alpha value is -0.660. The number of rotatable bonds is 10. The molecule has 0 aliphatic heterocycles. The molecule has 0 saturated heterocycles. The van der Waals surface area contributed by atoms with E-state index in [4.69, 9.17) is 0 Å². The summed E-state index contributed by atoms with van der Waals surface area (Å²) in [4.78, 5) is 19.5. The van der Waals surface area contributed by atoms with Gasteiger partial charge in [-0.2, -0.15) is 0 Å². The number of carbonyl (C=O) groups is 2. The van der Waals surface area contributed by atoms with Gasteiger partial charge in [0.25, 0.3) is 0 Å². The average molecular weight is 228 g/mol. The molecule has 2 heteroatoms. The lowest BCUT2D eigenvalue weighted by molar-refractivity contribution is -0.108. The first kappa shape index (κ1) is 17.7. The highest BCUT2D eigenvalue weighted by molar-refractivity contribution is 5.49. The van der Waals surface area contributed by atoms with E-state index in [0.717, 1.165) is 31.8 Å². The fourth-order valence-corrected chi connectivity index (χ4v) is 1.31. The molecule has 16 heavy (non-hydrogen) atoms. The van der Waals surface area contributed by atoms with E-state index in [9.17, 15) is 9.59 Å². The summed E-state index contributed by atoms with van der Waals surface area (Å²) in [5.74, 6) is 0. The molecule has 0 aromatic carbocycles. The first-order valence-electron chi connectivity index (χ1n) is 6.70. The second-order valence-corrected chi connectivity index (χ2v) is 4.03. The lowest BCUT2D eigenvalue weighted by atomic mass is 10.2. The average Bonchev–Trinajstić information content (AvgIpc) is 2.31. The summed E-state index contributed by atoms with van der Waals surface area (Å²) >= 11 is 0. The van der Waals surface area contributed by atoms with Crippen LogP contribution in [0.3, 0.4) is 0 Å². The Morgan fingerprint density at radius 2 is 1.00 bits per heavy atom. The minimum Gasteiger partial charge on any atom is -0.303 e. The van der Waals surface area contributed by atoms with Gasteiger partial charge in [-0.15, -0.1) is 0 Å². The van der Waals surface area contributed by atoms with Crippen molar-refractivity contribution in [3.05, 3.63) is 0 Å². The minimum atomic E-state index is 0.638. The van der Waals surface area contributed by atoms with Crippen molar-refractivity contribution < 1.29 is 9.59 Å². The molecule has 0 amide bonds. The summed E-state index contributed by atoms with van der Waals surface area (Å²) in [7, 11) is 0. The van der Waals surface area contributed by atoms with Gasteiger partial charge >= 0.3 is 0 Å². The predicted molar refractivity (Wildman–Crippen MR) is 69.6 cm³/mol. The summed E-state index contributed by atoms with van der Waals surface area (Å²) in [5, 5.41) is 0. The monoisotopic (exact) mass is 228 g/mol. The Kier molecular flexibility index (Phi) is 22.0. The molecule has 0 heterocycles. The Balaban J connectivity index is 0. The second kappa shape index (κ2) is 19.8. The normalized spacial score (nSPS) is 9.12. The molecule has 0 spiro atoms. The highest BCUT2D eigenvalue weighted by Crippen LogP contribution is 2.00. The van der Waals surface area contributed by atoms with Gasteiger partial charge in [0.1, 0.15) is 12.6 Å². The maximum Gasteiger partial charge on any atom is 0.119 e. The molecule has 0 unspecified atom stereocenters. The molecular formula is C14H28O2. The Bertz CT molecular complexity index is 119.